The van der Waals surface area contributed by atoms with Crippen molar-refractivity contribution >= 4 is 15.8 Å². The van der Waals surface area contributed by atoms with Gasteiger partial charge in [0.15, 0.2) is 0 Å². The van der Waals surface area contributed by atoms with Crippen LogP contribution in [0.15, 0.2) is 18.2 Å². The molecule has 1 N–H and O–H groups in total. The molecule has 1 rings (SSSR count). The molecular weight excluding hydrogens is 240 g/mol. The fourth-order valence-corrected chi connectivity index (χ4v) is 1.67. The summed E-state index contributed by atoms with van der Waals surface area (Å²) in [6.45, 7) is 0.781. The number of likely N-dealkylation sites (N-methyl/N-ethyl adjacent to an activating group) is 1. The van der Waals surface area contributed by atoms with Gasteiger partial charge in [0, 0.05) is 20.1 Å². The molecule has 0 aromatic carbocycles. The Balaban J connectivity index is 2.58. The van der Waals surface area contributed by atoms with E-state index in [1.165, 1.54) is 0 Å². The van der Waals surface area contributed by atoms with Gasteiger partial charge in [-0.05, 0) is 12.1 Å². The Hall–Kier alpha value is -1.65. The number of pyridine rings is 1. The lowest BCUT2D eigenvalue weighted by molar-refractivity contribution is 0.587. The molecule has 1 aromatic rings. The lowest BCUT2D eigenvalue weighted by atomic mass is 10.3. The first kappa shape index (κ1) is 13.4. The van der Waals surface area contributed by atoms with E-state index >= 15 is 0 Å². The number of sulfonamides is 1. The summed E-state index contributed by atoms with van der Waals surface area (Å²) < 4.78 is 24.1. The molecule has 92 valence electrons. The molecule has 0 fully saturated rings. The van der Waals surface area contributed by atoms with E-state index in [0.29, 0.717) is 24.6 Å². The average molecular weight is 254 g/mol. The largest absolute Gasteiger partial charge is 0.358 e. The number of rotatable bonds is 5. The highest BCUT2D eigenvalue weighted by atomic mass is 32.2. The van der Waals surface area contributed by atoms with Crippen LogP contribution in [0.1, 0.15) is 5.69 Å². The lowest BCUT2D eigenvalue weighted by Crippen LogP contribution is -2.32. The number of nitrogens with zero attached hydrogens (tertiary/aromatic N) is 3. The van der Waals surface area contributed by atoms with Crippen molar-refractivity contribution in [3.05, 3.63) is 23.9 Å². The van der Waals surface area contributed by atoms with Crippen LogP contribution in [0.5, 0.6) is 0 Å². The molecule has 0 bridgehead atoms. The molecule has 0 saturated heterocycles. The summed E-state index contributed by atoms with van der Waals surface area (Å²) in [5, 5.41) is 8.70. The zero-order valence-electron chi connectivity index (χ0n) is 9.71. The first-order valence-electron chi connectivity index (χ1n) is 4.95. The van der Waals surface area contributed by atoms with Crippen LogP contribution >= 0.6 is 0 Å². The van der Waals surface area contributed by atoms with Crippen LogP contribution in [0.3, 0.4) is 0 Å². The fourth-order valence-electron chi connectivity index (χ4n) is 1.21. The maximum Gasteiger partial charge on any atom is 0.208 e. The quantitative estimate of drug-likeness (QED) is 0.795. The van der Waals surface area contributed by atoms with Crippen LogP contribution in [0.4, 0.5) is 5.82 Å². The summed E-state index contributed by atoms with van der Waals surface area (Å²) in [4.78, 5) is 5.87. The number of nitriles is 1. The summed E-state index contributed by atoms with van der Waals surface area (Å²) in [6.07, 6.45) is 1.11. The molecular formula is C10H14N4O2S. The van der Waals surface area contributed by atoms with Crippen LogP contribution < -0.4 is 9.62 Å². The summed E-state index contributed by atoms with van der Waals surface area (Å²) >= 11 is 0. The third-order valence-electron chi connectivity index (χ3n) is 2.05. The molecule has 0 aliphatic rings. The van der Waals surface area contributed by atoms with Crippen molar-refractivity contribution in [1.82, 2.24) is 9.71 Å². The molecule has 0 aliphatic heterocycles. The zero-order chi connectivity index (χ0) is 12.9. The van der Waals surface area contributed by atoms with Gasteiger partial charge in [0.1, 0.15) is 17.6 Å². The second-order valence-electron chi connectivity index (χ2n) is 3.58. The predicted molar refractivity (Wildman–Crippen MR) is 65.1 cm³/mol. The van der Waals surface area contributed by atoms with Gasteiger partial charge in [-0.2, -0.15) is 5.26 Å². The van der Waals surface area contributed by atoms with E-state index in [1.54, 1.807) is 30.1 Å². The maximum atomic E-state index is 10.9. The molecule has 0 radical (unpaired) electrons. The highest BCUT2D eigenvalue weighted by Crippen LogP contribution is 2.08. The van der Waals surface area contributed by atoms with E-state index in [1.807, 2.05) is 6.07 Å². The highest BCUT2D eigenvalue weighted by Gasteiger charge is 2.05. The SMILES string of the molecule is CN(CCNS(C)(=O)=O)c1cccc(C#N)n1. The molecule has 0 atom stereocenters. The average Bonchev–Trinajstić information content (AvgIpc) is 2.27. The van der Waals surface area contributed by atoms with Gasteiger partial charge in [0.2, 0.25) is 10.0 Å². The monoisotopic (exact) mass is 254 g/mol. The van der Waals surface area contributed by atoms with E-state index in [-0.39, 0.29) is 0 Å². The molecule has 1 aromatic heterocycles. The first-order chi connectivity index (χ1) is 7.92. The maximum absolute atomic E-state index is 10.9. The van der Waals surface area contributed by atoms with Gasteiger partial charge in [-0.3, -0.25) is 0 Å². The van der Waals surface area contributed by atoms with Gasteiger partial charge in [-0.1, -0.05) is 6.07 Å². The topological polar surface area (TPSA) is 86.1 Å². The Morgan fingerprint density at radius 3 is 2.82 bits per heavy atom. The van der Waals surface area contributed by atoms with Gasteiger partial charge in [0.25, 0.3) is 0 Å². The zero-order valence-corrected chi connectivity index (χ0v) is 10.5. The van der Waals surface area contributed by atoms with Gasteiger partial charge in [-0.25, -0.2) is 18.1 Å². The Bertz CT molecular complexity index is 521. The molecule has 7 heteroatoms. The van der Waals surface area contributed by atoms with Crippen molar-refractivity contribution in [2.45, 2.75) is 0 Å². The minimum atomic E-state index is -3.16. The first-order valence-corrected chi connectivity index (χ1v) is 6.84. The van der Waals surface area contributed by atoms with Gasteiger partial charge in [-0.15, -0.1) is 0 Å². The second kappa shape index (κ2) is 5.61. The van der Waals surface area contributed by atoms with Crippen molar-refractivity contribution in [3.8, 4) is 6.07 Å². The predicted octanol–water partition coefficient (Wildman–Crippen LogP) is -0.0613. The Labute approximate surface area is 101 Å². The Morgan fingerprint density at radius 2 is 2.24 bits per heavy atom. The minimum absolute atomic E-state index is 0.299. The third kappa shape index (κ3) is 4.80. The molecule has 17 heavy (non-hydrogen) atoms. The van der Waals surface area contributed by atoms with Gasteiger partial charge < -0.3 is 4.90 Å². The van der Waals surface area contributed by atoms with Crippen molar-refractivity contribution in [3.63, 3.8) is 0 Å². The number of nitrogens with one attached hydrogen (secondary N) is 1. The van der Waals surface area contributed by atoms with Crippen molar-refractivity contribution < 1.29 is 8.42 Å². The van der Waals surface area contributed by atoms with E-state index in [0.717, 1.165) is 6.26 Å². The van der Waals surface area contributed by atoms with E-state index in [2.05, 4.69) is 9.71 Å². The second-order valence-corrected chi connectivity index (χ2v) is 5.41. The molecule has 0 unspecified atom stereocenters. The van der Waals surface area contributed by atoms with Gasteiger partial charge >= 0.3 is 0 Å². The van der Waals surface area contributed by atoms with E-state index in [4.69, 9.17) is 5.26 Å². The van der Waals surface area contributed by atoms with Crippen LogP contribution in [0, 0.1) is 11.3 Å². The van der Waals surface area contributed by atoms with Crippen LogP contribution in [0.2, 0.25) is 0 Å². The summed E-state index contributed by atoms with van der Waals surface area (Å²) in [5.74, 6) is 0.638. The Kier molecular flexibility index (Phi) is 4.43. The highest BCUT2D eigenvalue weighted by molar-refractivity contribution is 7.88. The van der Waals surface area contributed by atoms with Crippen molar-refractivity contribution in [2.75, 3.05) is 31.3 Å². The molecule has 6 nitrogen and oxygen atoms in total. The molecule has 0 saturated carbocycles. The number of hydrogen-bond donors (Lipinski definition) is 1. The number of anilines is 1. The Morgan fingerprint density at radius 1 is 1.53 bits per heavy atom. The standard InChI is InChI=1S/C10H14N4O2S/c1-14(7-6-12-17(2,15)16)10-5-3-4-9(8-11)13-10/h3-5,12H,6-7H2,1-2H3. The summed E-state index contributed by atoms with van der Waals surface area (Å²) in [7, 11) is -1.38. The van der Waals surface area contributed by atoms with Crippen LogP contribution in [0.25, 0.3) is 0 Å². The normalized spacial score (nSPS) is 10.9. The fraction of sp³-hybridized carbons (Fsp3) is 0.400. The van der Waals surface area contributed by atoms with Crippen molar-refractivity contribution in [2.24, 2.45) is 0 Å². The van der Waals surface area contributed by atoms with E-state index in [9.17, 15) is 8.42 Å². The van der Waals surface area contributed by atoms with E-state index < -0.39 is 10.0 Å². The number of aromatic nitrogens is 1. The molecule has 0 spiro atoms. The lowest BCUT2D eigenvalue weighted by Gasteiger charge is -2.17. The number of hydrogen-bond acceptors (Lipinski definition) is 5. The minimum Gasteiger partial charge on any atom is -0.358 e. The van der Waals surface area contributed by atoms with Crippen LogP contribution in [-0.4, -0.2) is 39.8 Å². The van der Waals surface area contributed by atoms with Gasteiger partial charge in [0.05, 0.1) is 6.26 Å². The third-order valence-corrected chi connectivity index (χ3v) is 2.78. The molecule has 0 aliphatic carbocycles. The van der Waals surface area contributed by atoms with Crippen molar-refractivity contribution in [1.29, 1.82) is 5.26 Å². The summed E-state index contributed by atoms with van der Waals surface area (Å²) in [5.41, 5.74) is 0.338. The summed E-state index contributed by atoms with van der Waals surface area (Å²) in [6, 6.07) is 7.07. The van der Waals surface area contributed by atoms with Crippen LogP contribution in [-0.2, 0) is 10.0 Å². The molecule has 1 heterocycles. The molecule has 0 amide bonds. The smallest absolute Gasteiger partial charge is 0.208 e.